The van der Waals surface area contributed by atoms with Crippen LogP contribution in [0.1, 0.15) is 11.1 Å². The molecule has 0 unspecified atom stereocenters. The number of benzene rings is 1. The largest absolute Gasteiger partial charge is 0.473 e. The van der Waals surface area contributed by atoms with E-state index in [4.69, 9.17) is 22.1 Å². The first kappa shape index (κ1) is 11.9. The predicted octanol–water partition coefficient (Wildman–Crippen LogP) is 2.77. The number of aromatic nitrogens is 1. The highest BCUT2D eigenvalue weighted by Crippen LogP contribution is 2.13. The maximum atomic E-state index is 5.88. The van der Waals surface area contributed by atoms with Crippen molar-refractivity contribution in [1.82, 2.24) is 4.98 Å². The molecule has 0 aliphatic carbocycles. The zero-order valence-electron chi connectivity index (χ0n) is 9.27. The Morgan fingerprint density at radius 3 is 2.71 bits per heavy atom. The molecule has 0 fully saturated rings. The maximum absolute atomic E-state index is 5.88. The highest BCUT2D eigenvalue weighted by molar-refractivity contribution is 6.30. The standard InChI is InChI=1S/C13H13ClN2O/c14-12-3-1-2-10(6-12)9-17-13-5-4-11(7-15)8-16-13/h1-6,8H,7,9,15H2. The summed E-state index contributed by atoms with van der Waals surface area (Å²) in [6, 6.07) is 11.3. The molecule has 2 rings (SSSR count). The van der Waals surface area contributed by atoms with Crippen molar-refractivity contribution < 1.29 is 4.74 Å². The number of nitrogens with two attached hydrogens (primary N) is 1. The molecule has 0 aliphatic rings. The van der Waals surface area contributed by atoms with Crippen LogP contribution < -0.4 is 10.5 Å². The van der Waals surface area contributed by atoms with Gasteiger partial charge in [-0.25, -0.2) is 4.98 Å². The summed E-state index contributed by atoms with van der Waals surface area (Å²) in [5.74, 6) is 0.585. The summed E-state index contributed by atoms with van der Waals surface area (Å²) in [6.07, 6.45) is 1.72. The molecule has 0 aliphatic heterocycles. The Bertz CT molecular complexity index is 485. The van der Waals surface area contributed by atoms with E-state index in [0.717, 1.165) is 11.1 Å². The molecule has 1 heterocycles. The minimum Gasteiger partial charge on any atom is -0.473 e. The average Bonchev–Trinajstić information content (AvgIpc) is 2.37. The van der Waals surface area contributed by atoms with Gasteiger partial charge in [0.05, 0.1) is 0 Å². The molecular weight excluding hydrogens is 236 g/mol. The van der Waals surface area contributed by atoms with E-state index >= 15 is 0 Å². The quantitative estimate of drug-likeness (QED) is 0.905. The van der Waals surface area contributed by atoms with E-state index in [-0.39, 0.29) is 0 Å². The summed E-state index contributed by atoms with van der Waals surface area (Å²) in [5, 5.41) is 0.706. The molecule has 0 saturated carbocycles. The summed E-state index contributed by atoms with van der Waals surface area (Å²) >= 11 is 5.88. The summed E-state index contributed by atoms with van der Waals surface area (Å²) in [4.78, 5) is 4.15. The topological polar surface area (TPSA) is 48.1 Å². The van der Waals surface area contributed by atoms with Crippen molar-refractivity contribution in [2.45, 2.75) is 13.2 Å². The maximum Gasteiger partial charge on any atom is 0.213 e. The van der Waals surface area contributed by atoms with Gasteiger partial charge < -0.3 is 10.5 Å². The highest BCUT2D eigenvalue weighted by Gasteiger charge is 1.98. The van der Waals surface area contributed by atoms with Crippen molar-refractivity contribution in [3.05, 3.63) is 58.7 Å². The zero-order valence-corrected chi connectivity index (χ0v) is 10.0. The lowest BCUT2D eigenvalue weighted by atomic mass is 10.2. The number of pyridine rings is 1. The van der Waals surface area contributed by atoms with Crippen LogP contribution in [0.15, 0.2) is 42.6 Å². The first-order valence-corrected chi connectivity index (χ1v) is 5.68. The Kier molecular flexibility index (Phi) is 3.96. The van der Waals surface area contributed by atoms with Crippen molar-refractivity contribution >= 4 is 11.6 Å². The Morgan fingerprint density at radius 2 is 2.06 bits per heavy atom. The molecule has 88 valence electrons. The molecule has 0 bridgehead atoms. The molecule has 17 heavy (non-hydrogen) atoms. The summed E-state index contributed by atoms with van der Waals surface area (Å²) in [7, 11) is 0. The van der Waals surface area contributed by atoms with E-state index in [2.05, 4.69) is 4.98 Å². The number of rotatable bonds is 4. The minimum atomic E-state index is 0.454. The third-order valence-electron chi connectivity index (χ3n) is 2.31. The summed E-state index contributed by atoms with van der Waals surface area (Å²) in [6.45, 7) is 0.942. The smallest absolute Gasteiger partial charge is 0.213 e. The van der Waals surface area contributed by atoms with Gasteiger partial charge in [-0.1, -0.05) is 29.8 Å². The number of hydrogen-bond donors (Lipinski definition) is 1. The monoisotopic (exact) mass is 248 g/mol. The lowest BCUT2D eigenvalue weighted by Gasteiger charge is -2.06. The molecule has 4 heteroatoms. The van der Waals surface area contributed by atoms with Crippen LogP contribution in [0.3, 0.4) is 0 Å². The van der Waals surface area contributed by atoms with E-state index in [1.807, 2.05) is 36.4 Å². The molecule has 0 saturated heterocycles. The van der Waals surface area contributed by atoms with Gasteiger partial charge in [-0.3, -0.25) is 0 Å². The molecule has 2 N–H and O–H groups in total. The van der Waals surface area contributed by atoms with Crippen molar-refractivity contribution in [2.24, 2.45) is 5.73 Å². The number of hydrogen-bond acceptors (Lipinski definition) is 3. The third kappa shape index (κ3) is 3.44. The van der Waals surface area contributed by atoms with E-state index in [1.54, 1.807) is 6.20 Å². The van der Waals surface area contributed by atoms with Crippen LogP contribution in [-0.4, -0.2) is 4.98 Å². The van der Waals surface area contributed by atoms with Crippen molar-refractivity contribution in [2.75, 3.05) is 0 Å². The molecule has 1 aromatic carbocycles. The highest BCUT2D eigenvalue weighted by atomic mass is 35.5. The number of halogens is 1. The molecule has 2 aromatic rings. The minimum absolute atomic E-state index is 0.454. The Hall–Kier alpha value is -1.58. The van der Waals surface area contributed by atoms with Gasteiger partial charge in [-0.05, 0) is 23.3 Å². The van der Waals surface area contributed by atoms with Gasteiger partial charge in [0, 0.05) is 23.8 Å². The van der Waals surface area contributed by atoms with Gasteiger partial charge >= 0.3 is 0 Å². The Morgan fingerprint density at radius 1 is 1.18 bits per heavy atom. The van der Waals surface area contributed by atoms with E-state index in [0.29, 0.717) is 24.1 Å². The normalized spacial score (nSPS) is 10.2. The molecule has 0 spiro atoms. The van der Waals surface area contributed by atoms with Crippen LogP contribution in [0.2, 0.25) is 5.02 Å². The lowest BCUT2D eigenvalue weighted by molar-refractivity contribution is 0.294. The molecule has 3 nitrogen and oxygen atoms in total. The van der Waals surface area contributed by atoms with Crippen LogP contribution in [-0.2, 0) is 13.2 Å². The van der Waals surface area contributed by atoms with Crippen LogP contribution >= 0.6 is 11.6 Å². The fourth-order valence-corrected chi connectivity index (χ4v) is 1.61. The molecular formula is C13H13ClN2O. The second-order valence-corrected chi connectivity index (χ2v) is 4.06. The summed E-state index contributed by atoms with van der Waals surface area (Å²) < 4.78 is 5.54. The van der Waals surface area contributed by atoms with Crippen molar-refractivity contribution in [3.63, 3.8) is 0 Å². The molecule has 0 radical (unpaired) electrons. The van der Waals surface area contributed by atoms with Crippen molar-refractivity contribution in [3.8, 4) is 5.88 Å². The van der Waals surface area contributed by atoms with Crippen molar-refractivity contribution in [1.29, 1.82) is 0 Å². The van der Waals surface area contributed by atoms with Crippen LogP contribution in [0.4, 0.5) is 0 Å². The zero-order chi connectivity index (χ0) is 12.1. The molecule has 1 aromatic heterocycles. The molecule has 0 amide bonds. The van der Waals surface area contributed by atoms with E-state index < -0.39 is 0 Å². The van der Waals surface area contributed by atoms with E-state index in [9.17, 15) is 0 Å². The Labute approximate surface area is 105 Å². The van der Waals surface area contributed by atoms with Crippen LogP contribution in [0.25, 0.3) is 0 Å². The van der Waals surface area contributed by atoms with Gasteiger partial charge in [0.15, 0.2) is 0 Å². The third-order valence-corrected chi connectivity index (χ3v) is 2.54. The number of nitrogens with zero attached hydrogens (tertiary/aromatic N) is 1. The second-order valence-electron chi connectivity index (χ2n) is 3.63. The lowest BCUT2D eigenvalue weighted by Crippen LogP contribution is -2.00. The fourth-order valence-electron chi connectivity index (χ4n) is 1.40. The summed E-state index contributed by atoms with van der Waals surface area (Å²) in [5.41, 5.74) is 7.49. The first-order chi connectivity index (χ1) is 8.28. The van der Waals surface area contributed by atoms with Gasteiger partial charge in [-0.15, -0.1) is 0 Å². The van der Waals surface area contributed by atoms with Crippen LogP contribution in [0, 0.1) is 0 Å². The first-order valence-electron chi connectivity index (χ1n) is 5.30. The number of ether oxygens (including phenoxy) is 1. The predicted molar refractivity (Wildman–Crippen MR) is 67.9 cm³/mol. The van der Waals surface area contributed by atoms with Gasteiger partial charge in [0.2, 0.25) is 5.88 Å². The van der Waals surface area contributed by atoms with Gasteiger partial charge in [0.25, 0.3) is 0 Å². The molecule has 0 atom stereocenters. The van der Waals surface area contributed by atoms with Gasteiger partial charge in [-0.2, -0.15) is 0 Å². The average molecular weight is 249 g/mol. The van der Waals surface area contributed by atoms with E-state index in [1.165, 1.54) is 0 Å². The SMILES string of the molecule is NCc1ccc(OCc2cccc(Cl)c2)nc1. The fraction of sp³-hybridized carbons (Fsp3) is 0.154. The second kappa shape index (κ2) is 5.66. The van der Waals surface area contributed by atoms with Crippen LogP contribution in [0.5, 0.6) is 5.88 Å². The Balaban J connectivity index is 1.97. The van der Waals surface area contributed by atoms with Gasteiger partial charge in [0.1, 0.15) is 6.61 Å².